The van der Waals surface area contributed by atoms with Crippen molar-refractivity contribution in [1.29, 1.82) is 0 Å². The third kappa shape index (κ3) is 3.30. The maximum atomic E-state index is 12.2. The summed E-state index contributed by atoms with van der Waals surface area (Å²) in [5, 5.41) is 13.7. The summed E-state index contributed by atoms with van der Waals surface area (Å²) < 4.78 is 0. The van der Waals surface area contributed by atoms with E-state index in [-0.39, 0.29) is 6.03 Å². The van der Waals surface area contributed by atoms with Crippen LogP contribution in [0.25, 0.3) is 0 Å². The maximum Gasteiger partial charge on any atom is 0.331 e. The molecule has 0 spiro atoms. The highest BCUT2D eigenvalue weighted by Gasteiger charge is 2.29. The van der Waals surface area contributed by atoms with Crippen molar-refractivity contribution < 1.29 is 14.7 Å². The van der Waals surface area contributed by atoms with Gasteiger partial charge in [-0.2, -0.15) is 0 Å². The molecule has 1 aromatic rings. The average molecular weight is 296 g/mol. The summed E-state index contributed by atoms with van der Waals surface area (Å²) >= 11 is 1.33. The first-order chi connectivity index (χ1) is 9.49. The predicted molar refractivity (Wildman–Crippen MR) is 77.7 cm³/mol. The van der Waals surface area contributed by atoms with Crippen molar-refractivity contribution in [2.75, 3.05) is 13.1 Å². The van der Waals surface area contributed by atoms with Crippen LogP contribution in [0, 0.1) is 11.8 Å². The molecule has 6 heteroatoms. The number of likely N-dealkylation sites (tertiary alicyclic amines) is 1. The van der Waals surface area contributed by atoms with Gasteiger partial charge in [-0.05, 0) is 29.7 Å². The molecule has 0 radical (unpaired) electrons. The van der Waals surface area contributed by atoms with Gasteiger partial charge in [0.2, 0.25) is 0 Å². The Bertz CT molecular complexity index is 475. The Morgan fingerprint density at radius 3 is 2.75 bits per heavy atom. The third-order valence-corrected chi connectivity index (χ3v) is 4.90. The van der Waals surface area contributed by atoms with E-state index in [1.807, 2.05) is 5.38 Å². The molecule has 2 rings (SSSR count). The summed E-state index contributed by atoms with van der Waals surface area (Å²) in [5.41, 5.74) is 0. The van der Waals surface area contributed by atoms with E-state index >= 15 is 0 Å². The molecule has 5 nitrogen and oxygen atoms in total. The lowest BCUT2D eigenvalue weighted by atomic mass is 9.89. The predicted octanol–water partition coefficient (Wildman–Crippen LogP) is 2.56. The first-order valence-corrected chi connectivity index (χ1v) is 7.68. The summed E-state index contributed by atoms with van der Waals surface area (Å²) in [6.07, 6.45) is 0.964. The largest absolute Gasteiger partial charge is 0.479 e. The van der Waals surface area contributed by atoms with Crippen molar-refractivity contribution in [3.63, 3.8) is 0 Å². The number of piperidine rings is 1. The van der Waals surface area contributed by atoms with E-state index < -0.39 is 12.0 Å². The summed E-state index contributed by atoms with van der Waals surface area (Å²) in [6, 6.07) is 2.26. The second-order valence-corrected chi connectivity index (χ2v) is 6.40. The van der Waals surface area contributed by atoms with Gasteiger partial charge < -0.3 is 15.3 Å². The minimum Gasteiger partial charge on any atom is -0.479 e. The Kier molecular flexibility index (Phi) is 4.65. The molecular weight excluding hydrogens is 276 g/mol. The van der Waals surface area contributed by atoms with Gasteiger partial charge in [0.1, 0.15) is 0 Å². The van der Waals surface area contributed by atoms with Gasteiger partial charge in [0.25, 0.3) is 0 Å². The Balaban J connectivity index is 2.01. The lowest BCUT2D eigenvalue weighted by Crippen LogP contribution is -2.48. The van der Waals surface area contributed by atoms with Crippen molar-refractivity contribution in [3.05, 3.63) is 22.4 Å². The maximum absolute atomic E-state index is 12.2. The molecule has 1 aromatic heterocycles. The van der Waals surface area contributed by atoms with Gasteiger partial charge in [0, 0.05) is 18.0 Å². The highest BCUT2D eigenvalue weighted by molar-refractivity contribution is 7.10. The van der Waals surface area contributed by atoms with Gasteiger partial charge in [-0.25, -0.2) is 9.59 Å². The molecule has 0 bridgehead atoms. The topological polar surface area (TPSA) is 69.6 Å². The first kappa shape index (κ1) is 14.8. The van der Waals surface area contributed by atoms with Crippen LogP contribution >= 0.6 is 11.3 Å². The quantitative estimate of drug-likeness (QED) is 0.900. The minimum atomic E-state index is -1.03. The lowest BCUT2D eigenvalue weighted by Gasteiger charge is -2.35. The van der Waals surface area contributed by atoms with Gasteiger partial charge in [-0.3, -0.25) is 0 Å². The summed E-state index contributed by atoms with van der Waals surface area (Å²) in [7, 11) is 0. The van der Waals surface area contributed by atoms with E-state index in [4.69, 9.17) is 0 Å². The number of aliphatic carboxylic acids is 1. The highest BCUT2D eigenvalue weighted by Crippen LogP contribution is 2.24. The van der Waals surface area contributed by atoms with Crippen LogP contribution in [0.2, 0.25) is 0 Å². The van der Waals surface area contributed by atoms with Crippen molar-refractivity contribution in [2.24, 2.45) is 11.8 Å². The molecule has 3 unspecified atom stereocenters. The summed E-state index contributed by atoms with van der Waals surface area (Å²) in [4.78, 5) is 25.9. The molecule has 110 valence electrons. The average Bonchev–Trinajstić information content (AvgIpc) is 2.92. The number of nitrogens with zero attached hydrogens (tertiary/aromatic N) is 1. The number of carbonyl (C=O) groups excluding carboxylic acids is 1. The van der Waals surface area contributed by atoms with Crippen LogP contribution in [0.1, 0.15) is 31.2 Å². The van der Waals surface area contributed by atoms with E-state index in [1.54, 1.807) is 17.0 Å². The summed E-state index contributed by atoms with van der Waals surface area (Å²) in [6.45, 7) is 5.68. The Hall–Kier alpha value is -1.56. The third-order valence-electron chi connectivity index (χ3n) is 3.96. The van der Waals surface area contributed by atoms with E-state index in [1.165, 1.54) is 11.3 Å². The van der Waals surface area contributed by atoms with Crippen LogP contribution in [-0.2, 0) is 4.79 Å². The van der Waals surface area contributed by atoms with Crippen LogP contribution < -0.4 is 5.32 Å². The first-order valence-electron chi connectivity index (χ1n) is 6.80. The molecule has 2 heterocycles. The van der Waals surface area contributed by atoms with Gasteiger partial charge in [0.05, 0.1) is 0 Å². The molecule has 3 atom stereocenters. The monoisotopic (exact) mass is 296 g/mol. The molecule has 1 aliphatic heterocycles. The van der Waals surface area contributed by atoms with Crippen molar-refractivity contribution in [1.82, 2.24) is 10.2 Å². The number of rotatable bonds is 3. The number of amides is 2. The fourth-order valence-electron chi connectivity index (χ4n) is 2.37. The minimum absolute atomic E-state index is 0.287. The molecule has 0 saturated carbocycles. The number of hydrogen-bond donors (Lipinski definition) is 2. The highest BCUT2D eigenvalue weighted by atomic mass is 32.1. The van der Waals surface area contributed by atoms with Crippen LogP contribution in [0.3, 0.4) is 0 Å². The summed E-state index contributed by atoms with van der Waals surface area (Å²) in [5.74, 6) is 0.0189. The molecule has 1 saturated heterocycles. The van der Waals surface area contributed by atoms with Crippen LogP contribution in [0.4, 0.5) is 4.79 Å². The smallest absolute Gasteiger partial charge is 0.331 e. The van der Waals surface area contributed by atoms with Crippen molar-refractivity contribution in [2.45, 2.75) is 26.3 Å². The van der Waals surface area contributed by atoms with E-state index in [0.717, 1.165) is 6.42 Å². The Labute approximate surface area is 122 Å². The van der Waals surface area contributed by atoms with Crippen molar-refractivity contribution >= 4 is 23.3 Å². The molecule has 0 aliphatic carbocycles. The van der Waals surface area contributed by atoms with Crippen LogP contribution in [0.15, 0.2) is 17.5 Å². The molecule has 20 heavy (non-hydrogen) atoms. The zero-order chi connectivity index (χ0) is 14.7. The fourth-order valence-corrected chi connectivity index (χ4v) is 3.14. The van der Waals surface area contributed by atoms with Gasteiger partial charge in [-0.1, -0.05) is 19.9 Å². The molecule has 0 aromatic carbocycles. The number of hydrogen-bond acceptors (Lipinski definition) is 3. The van der Waals surface area contributed by atoms with Crippen LogP contribution in [0.5, 0.6) is 0 Å². The number of carbonyl (C=O) groups is 2. The lowest BCUT2D eigenvalue weighted by molar-refractivity contribution is -0.139. The Morgan fingerprint density at radius 1 is 1.45 bits per heavy atom. The molecule has 1 aliphatic rings. The zero-order valence-corrected chi connectivity index (χ0v) is 12.5. The second kappa shape index (κ2) is 6.26. The number of nitrogens with one attached hydrogen (secondary N) is 1. The SMILES string of the molecule is CC1CCN(C(=O)NC(C(=O)O)c2cccs2)CC1C. The van der Waals surface area contributed by atoms with E-state index in [9.17, 15) is 14.7 Å². The fraction of sp³-hybridized carbons (Fsp3) is 0.571. The Morgan fingerprint density at radius 2 is 2.20 bits per heavy atom. The van der Waals surface area contributed by atoms with Gasteiger partial charge in [-0.15, -0.1) is 11.3 Å². The number of carboxylic acids is 1. The van der Waals surface area contributed by atoms with Gasteiger partial charge >= 0.3 is 12.0 Å². The molecule has 2 amide bonds. The molecular formula is C14H20N2O3S. The van der Waals surface area contributed by atoms with Crippen molar-refractivity contribution in [3.8, 4) is 0 Å². The number of carboxylic acid groups (broad SMARTS) is 1. The molecule has 1 fully saturated rings. The van der Waals surface area contributed by atoms with Gasteiger partial charge in [0.15, 0.2) is 6.04 Å². The standard InChI is InChI=1S/C14H20N2O3S/c1-9-5-6-16(8-10(9)2)14(19)15-12(13(17)18)11-4-3-7-20-11/h3-4,7,9-10,12H,5-6,8H2,1-2H3,(H,15,19)(H,17,18). The number of thiophene rings is 1. The molecule has 2 N–H and O–H groups in total. The van der Waals surface area contributed by atoms with Crippen LogP contribution in [-0.4, -0.2) is 35.1 Å². The number of urea groups is 1. The zero-order valence-electron chi connectivity index (χ0n) is 11.7. The second-order valence-electron chi connectivity index (χ2n) is 5.43. The van der Waals surface area contributed by atoms with E-state index in [0.29, 0.717) is 29.8 Å². The van der Waals surface area contributed by atoms with E-state index in [2.05, 4.69) is 19.2 Å². The normalized spacial score (nSPS) is 24.2.